The smallest absolute Gasteiger partial charge is 0.335 e. The van der Waals surface area contributed by atoms with Gasteiger partial charge in [-0.15, -0.1) is 10.2 Å². The van der Waals surface area contributed by atoms with Gasteiger partial charge in [-0.2, -0.15) is 0 Å². The van der Waals surface area contributed by atoms with Crippen molar-refractivity contribution in [3.63, 3.8) is 0 Å². The molecule has 0 bridgehead atoms. The highest BCUT2D eigenvalue weighted by Crippen LogP contribution is 2.36. The molecule has 1 aliphatic carbocycles. The first-order valence-electron chi connectivity index (χ1n) is 9.16. The van der Waals surface area contributed by atoms with E-state index in [1.54, 1.807) is 6.92 Å². The van der Waals surface area contributed by atoms with Crippen molar-refractivity contribution in [3.8, 4) is 5.13 Å². The lowest BCUT2D eigenvalue weighted by molar-refractivity contribution is 0.150. The molecule has 168 valence electrons. The molecular formula is C17H18F3N5O4S2. The van der Waals surface area contributed by atoms with Crippen molar-refractivity contribution in [3.05, 3.63) is 33.4 Å². The third-order valence-corrected chi connectivity index (χ3v) is 7.55. The minimum atomic E-state index is -4.23. The number of imidazole rings is 1. The molecule has 9 nitrogen and oxygen atoms in total. The summed E-state index contributed by atoms with van der Waals surface area (Å²) >= 11 is 0.485. The number of hydrogen-bond donors (Lipinski definition) is 1. The Kier molecular flexibility index (Phi) is 5.44. The number of hydrogen-bond acceptors (Lipinski definition) is 7. The van der Waals surface area contributed by atoms with Gasteiger partial charge in [0, 0.05) is 18.7 Å². The summed E-state index contributed by atoms with van der Waals surface area (Å²) in [6, 6.07) is 1.94. The lowest BCUT2D eigenvalue weighted by atomic mass is 10.3. The molecule has 2 heterocycles. The van der Waals surface area contributed by atoms with E-state index in [-0.39, 0.29) is 29.3 Å². The fourth-order valence-corrected chi connectivity index (χ4v) is 5.37. The normalized spacial score (nSPS) is 15.8. The Morgan fingerprint density at radius 3 is 2.58 bits per heavy atom. The first-order chi connectivity index (χ1) is 14.6. The molecule has 1 aromatic carbocycles. The van der Waals surface area contributed by atoms with Crippen LogP contribution >= 0.6 is 11.3 Å². The second-order valence-corrected chi connectivity index (χ2v) is 10.1. The van der Waals surface area contributed by atoms with Crippen molar-refractivity contribution in [2.24, 2.45) is 0 Å². The van der Waals surface area contributed by atoms with Crippen LogP contribution in [0.1, 0.15) is 31.2 Å². The summed E-state index contributed by atoms with van der Waals surface area (Å²) < 4.78 is 75.9. The van der Waals surface area contributed by atoms with E-state index in [1.165, 1.54) is 7.11 Å². The van der Waals surface area contributed by atoms with Crippen molar-refractivity contribution in [1.29, 1.82) is 0 Å². The van der Waals surface area contributed by atoms with Gasteiger partial charge in [0.1, 0.15) is 10.7 Å². The van der Waals surface area contributed by atoms with E-state index in [1.807, 2.05) is 0 Å². The van der Waals surface area contributed by atoms with Crippen LogP contribution in [0.4, 0.5) is 13.2 Å². The van der Waals surface area contributed by atoms with Crippen LogP contribution in [-0.2, 0) is 21.3 Å². The molecule has 0 saturated heterocycles. The summed E-state index contributed by atoms with van der Waals surface area (Å²) in [4.78, 5) is 12.4. The van der Waals surface area contributed by atoms with Crippen LogP contribution in [0.2, 0.25) is 0 Å². The van der Waals surface area contributed by atoms with Crippen molar-refractivity contribution in [2.45, 2.75) is 43.2 Å². The van der Waals surface area contributed by atoms with E-state index in [4.69, 9.17) is 4.74 Å². The average molecular weight is 477 g/mol. The van der Waals surface area contributed by atoms with Crippen molar-refractivity contribution >= 4 is 32.4 Å². The van der Waals surface area contributed by atoms with Crippen LogP contribution in [0.5, 0.6) is 0 Å². The largest absolute Gasteiger partial charge is 0.383 e. The zero-order valence-corrected chi connectivity index (χ0v) is 18.1. The number of fused-ring (bicyclic) bond motifs is 1. The minimum Gasteiger partial charge on any atom is -0.383 e. The lowest BCUT2D eigenvalue weighted by Crippen LogP contribution is -2.34. The van der Waals surface area contributed by atoms with Gasteiger partial charge in [-0.05, 0) is 25.8 Å². The maximum absolute atomic E-state index is 14.9. The molecule has 0 atom stereocenters. The van der Waals surface area contributed by atoms with E-state index in [0.717, 1.165) is 21.3 Å². The van der Waals surface area contributed by atoms with Crippen LogP contribution in [-0.4, -0.2) is 47.0 Å². The second-order valence-electron chi connectivity index (χ2n) is 7.42. The molecule has 1 N–H and O–H groups in total. The Labute approximate surface area is 178 Å². The summed E-state index contributed by atoms with van der Waals surface area (Å²) in [6.45, 7) is 1.84. The Bertz CT molecular complexity index is 1310. The number of benzene rings is 1. The molecule has 1 aliphatic rings. The Morgan fingerprint density at radius 2 is 2.00 bits per heavy atom. The number of ether oxygens (including phenoxy) is 1. The van der Waals surface area contributed by atoms with Gasteiger partial charge < -0.3 is 4.74 Å². The van der Waals surface area contributed by atoms with Gasteiger partial charge in [0.05, 0.1) is 24.2 Å². The van der Waals surface area contributed by atoms with Crippen LogP contribution < -0.4 is 10.4 Å². The third-order valence-electron chi connectivity index (χ3n) is 4.98. The van der Waals surface area contributed by atoms with E-state index >= 15 is 0 Å². The SMILES string of the molecule is COCCn1c(=O)n(-c2nnc(C(F)F)s2)c2cc(S(=O)(=O)NC3(C)CC3)c(F)cc21. The molecular weight excluding hydrogens is 459 g/mol. The number of rotatable bonds is 8. The lowest BCUT2D eigenvalue weighted by Gasteiger charge is -2.13. The quantitative estimate of drug-likeness (QED) is 0.533. The number of sulfonamides is 1. The monoisotopic (exact) mass is 477 g/mol. The van der Waals surface area contributed by atoms with E-state index in [0.29, 0.717) is 24.2 Å². The molecule has 0 spiro atoms. The number of halogens is 3. The molecule has 0 radical (unpaired) electrons. The third kappa shape index (κ3) is 4.00. The summed E-state index contributed by atoms with van der Waals surface area (Å²) in [6.07, 6.45) is -1.65. The number of nitrogens with zero attached hydrogens (tertiary/aromatic N) is 4. The maximum atomic E-state index is 14.9. The maximum Gasteiger partial charge on any atom is 0.335 e. The predicted octanol–water partition coefficient (Wildman–Crippen LogP) is 2.20. The van der Waals surface area contributed by atoms with Crippen molar-refractivity contribution in [2.75, 3.05) is 13.7 Å². The topological polar surface area (TPSA) is 108 Å². The molecule has 1 fully saturated rings. The fraction of sp³-hybridized carbons (Fsp3) is 0.471. The zero-order valence-electron chi connectivity index (χ0n) is 16.4. The minimum absolute atomic E-state index is 0.000736. The number of aromatic nitrogens is 4. The van der Waals surface area contributed by atoms with Gasteiger partial charge in [0.2, 0.25) is 15.2 Å². The van der Waals surface area contributed by atoms with Gasteiger partial charge >= 0.3 is 5.69 Å². The van der Waals surface area contributed by atoms with Gasteiger partial charge in [0.25, 0.3) is 6.43 Å². The van der Waals surface area contributed by atoms with Gasteiger partial charge in [-0.25, -0.2) is 35.7 Å². The highest BCUT2D eigenvalue weighted by atomic mass is 32.2. The summed E-state index contributed by atoms with van der Waals surface area (Å²) in [7, 11) is -2.82. The summed E-state index contributed by atoms with van der Waals surface area (Å²) in [5.74, 6) is -1.04. The Hall–Kier alpha value is -2.29. The van der Waals surface area contributed by atoms with E-state index < -0.39 is 43.4 Å². The molecule has 31 heavy (non-hydrogen) atoms. The predicted molar refractivity (Wildman–Crippen MR) is 106 cm³/mol. The number of alkyl halides is 2. The highest BCUT2D eigenvalue weighted by molar-refractivity contribution is 7.89. The molecule has 1 saturated carbocycles. The van der Waals surface area contributed by atoms with Gasteiger partial charge in [-0.3, -0.25) is 4.57 Å². The van der Waals surface area contributed by atoms with Crippen LogP contribution in [0.25, 0.3) is 16.2 Å². The van der Waals surface area contributed by atoms with Gasteiger partial charge in [0.15, 0.2) is 5.01 Å². The van der Waals surface area contributed by atoms with Crippen LogP contribution in [0.3, 0.4) is 0 Å². The summed E-state index contributed by atoms with van der Waals surface area (Å²) in [5.41, 5.74) is -1.28. The van der Waals surface area contributed by atoms with E-state index in [9.17, 15) is 26.4 Å². The first-order valence-corrected chi connectivity index (χ1v) is 11.5. The van der Waals surface area contributed by atoms with Crippen LogP contribution in [0, 0.1) is 5.82 Å². The molecule has 2 aromatic heterocycles. The molecule has 0 aliphatic heterocycles. The zero-order chi connectivity index (χ0) is 22.6. The Morgan fingerprint density at radius 1 is 1.29 bits per heavy atom. The van der Waals surface area contributed by atoms with Gasteiger partial charge in [-0.1, -0.05) is 11.3 Å². The molecule has 0 unspecified atom stereocenters. The average Bonchev–Trinajstić information content (AvgIpc) is 3.11. The summed E-state index contributed by atoms with van der Waals surface area (Å²) in [5, 5.41) is 6.24. The standard InChI is InChI=1S/C17H18F3N5O4S2/c1-17(3-4-17)23-31(27,28)12-8-11-10(7-9(12)18)24(5-6-29-2)16(26)25(11)15-22-21-14(30-15)13(19)20/h7-8,13,23H,3-6H2,1-2H3. The second kappa shape index (κ2) is 7.69. The number of methoxy groups -OCH3 is 1. The van der Waals surface area contributed by atoms with Crippen molar-refractivity contribution < 1.29 is 26.3 Å². The Balaban J connectivity index is 1.94. The first kappa shape index (κ1) is 21.9. The van der Waals surface area contributed by atoms with E-state index in [2.05, 4.69) is 14.9 Å². The fourth-order valence-electron chi connectivity index (χ4n) is 3.12. The molecule has 3 aromatic rings. The molecule has 14 heteroatoms. The molecule has 4 rings (SSSR count). The highest BCUT2D eigenvalue weighted by Gasteiger charge is 2.42. The van der Waals surface area contributed by atoms with Crippen molar-refractivity contribution in [1.82, 2.24) is 24.1 Å². The van der Waals surface area contributed by atoms with Crippen LogP contribution in [0.15, 0.2) is 21.8 Å². The number of nitrogens with one attached hydrogen (secondary N) is 1. The molecule has 0 amide bonds.